The van der Waals surface area contributed by atoms with E-state index in [1.165, 1.54) is 7.05 Å². The lowest BCUT2D eigenvalue weighted by Crippen LogP contribution is -2.41. The maximum atomic E-state index is 11.3. The monoisotopic (exact) mass is 246 g/mol. The fourth-order valence-corrected chi connectivity index (χ4v) is 1.06. The molecule has 0 bridgehead atoms. The van der Waals surface area contributed by atoms with Crippen molar-refractivity contribution in [3.8, 4) is 0 Å². The van der Waals surface area contributed by atoms with Crippen LogP contribution in [-0.2, 0) is 9.53 Å². The normalized spacial score (nSPS) is 10.4. The zero-order valence-electron chi connectivity index (χ0n) is 10.7. The van der Waals surface area contributed by atoms with Crippen LogP contribution in [0.5, 0.6) is 0 Å². The lowest BCUT2D eigenvalue weighted by Gasteiger charge is -2.15. The molecule has 100 valence electrons. The molecule has 0 fully saturated rings. The van der Waals surface area contributed by atoms with Crippen LogP contribution in [0.2, 0.25) is 0 Å². The van der Waals surface area contributed by atoms with E-state index in [1.54, 1.807) is 0 Å². The van der Waals surface area contributed by atoms with Crippen LogP contribution in [-0.4, -0.2) is 55.4 Å². The highest BCUT2D eigenvalue weighted by atomic mass is 16.5. The van der Waals surface area contributed by atoms with Gasteiger partial charge < -0.3 is 20.1 Å². The molecule has 0 spiro atoms. The van der Waals surface area contributed by atoms with Crippen LogP contribution in [0.3, 0.4) is 0 Å². The third kappa shape index (κ3) is 9.62. The quantitative estimate of drug-likeness (QED) is 0.620. The average molecular weight is 246 g/mol. The first kappa shape index (κ1) is 15.7. The van der Waals surface area contributed by atoms with Gasteiger partial charge in [0.15, 0.2) is 0 Å². The Hall–Kier alpha value is -1.30. The molecule has 0 aliphatic rings. The SMILES string of the molecule is CC(C)CCOCCNC(=O)N(C)CC(=O)O. The number of carbonyl (C=O) groups excluding carboxylic acids is 1. The van der Waals surface area contributed by atoms with Gasteiger partial charge in [0, 0.05) is 20.2 Å². The summed E-state index contributed by atoms with van der Waals surface area (Å²) in [4.78, 5) is 22.8. The minimum Gasteiger partial charge on any atom is -0.480 e. The van der Waals surface area contributed by atoms with E-state index in [-0.39, 0.29) is 6.54 Å². The molecule has 0 aromatic carbocycles. The molecule has 0 radical (unpaired) electrons. The summed E-state index contributed by atoms with van der Waals surface area (Å²) in [5, 5.41) is 11.1. The molecule has 0 saturated carbocycles. The van der Waals surface area contributed by atoms with Gasteiger partial charge in [0.05, 0.1) is 6.61 Å². The third-order valence-electron chi connectivity index (χ3n) is 2.08. The van der Waals surface area contributed by atoms with Gasteiger partial charge in [-0.25, -0.2) is 4.79 Å². The van der Waals surface area contributed by atoms with Gasteiger partial charge in [0.25, 0.3) is 0 Å². The molecule has 0 aromatic rings. The second kappa shape index (κ2) is 8.81. The number of likely N-dealkylation sites (N-methyl/N-ethyl adjacent to an activating group) is 1. The van der Waals surface area contributed by atoms with Gasteiger partial charge >= 0.3 is 12.0 Å². The first-order valence-electron chi connectivity index (χ1n) is 5.72. The Morgan fingerprint density at radius 2 is 2.00 bits per heavy atom. The highest BCUT2D eigenvalue weighted by Gasteiger charge is 2.10. The number of nitrogens with zero attached hydrogens (tertiary/aromatic N) is 1. The summed E-state index contributed by atoms with van der Waals surface area (Å²) in [6.45, 7) is 5.44. The number of carbonyl (C=O) groups is 2. The van der Waals surface area contributed by atoms with Crippen LogP contribution in [0.1, 0.15) is 20.3 Å². The molecular weight excluding hydrogens is 224 g/mol. The van der Waals surface area contributed by atoms with Crippen LogP contribution in [0.25, 0.3) is 0 Å². The Balaban J connectivity index is 3.48. The number of urea groups is 1. The first-order chi connectivity index (χ1) is 7.93. The second-order valence-electron chi connectivity index (χ2n) is 4.28. The summed E-state index contributed by atoms with van der Waals surface area (Å²) < 4.78 is 5.31. The van der Waals surface area contributed by atoms with E-state index in [0.717, 1.165) is 11.3 Å². The van der Waals surface area contributed by atoms with Crippen LogP contribution in [0.15, 0.2) is 0 Å². The van der Waals surface area contributed by atoms with Crippen LogP contribution in [0, 0.1) is 5.92 Å². The predicted octanol–water partition coefficient (Wildman–Crippen LogP) is 0.775. The van der Waals surface area contributed by atoms with Crippen molar-refractivity contribution in [3.63, 3.8) is 0 Å². The van der Waals surface area contributed by atoms with Gasteiger partial charge in [-0.15, -0.1) is 0 Å². The summed E-state index contributed by atoms with van der Waals surface area (Å²) in [7, 11) is 1.43. The van der Waals surface area contributed by atoms with Crippen LogP contribution < -0.4 is 5.32 Å². The van der Waals surface area contributed by atoms with Crippen molar-refractivity contribution >= 4 is 12.0 Å². The van der Waals surface area contributed by atoms with E-state index < -0.39 is 12.0 Å². The Kier molecular flexibility index (Phi) is 8.13. The fraction of sp³-hybridized carbons (Fsp3) is 0.818. The van der Waals surface area contributed by atoms with Gasteiger partial charge in [-0.3, -0.25) is 4.79 Å². The summed E-state index contributed by atoms with van der Waals surface area (Å²) in [5.41, 5.74) is 0. The largest absolute Gasteiger partial charge is 0.480 e. The standard InChI is InChI=1S/C11H22N2O4/c1-9(2)4-6-17-7-5-12-11(16)13(3)8-10(14)15/h9H,4-8H2,1-3H3,(H,12,16)(H,14,15). The van der Waals surface area contributed by atoms with Crippen molar-refractivity contribution in [2.75, 3.05) is 33.4 Å². The van der Waals surface area contributed by atoms with E-state index in [2.05, 4.69) is 19.2 Å². The van der Waals surface area contributed by atoms with Crippen LogP contribution >= 0.6 is 0 Å². The zero-order chi connectivity index (χ0) is 13.3. The number of nitrogens with one attached hydrogen (secondary N) is 1. The molecule has 6 heteroatoms. The Morgan fingerprint density at radius 1 is 1.35 bits per heavy atom. The molecule has 0 aliphatic heterocycles. The van der Waals surface area contributed by atoms with Crippen LogP contribution in [0.4, 0.5) is 4.79 Å². The fourth-order valence-electron chi connectivity index (χ4n) is 1.06. The molecule has 0 heterocycles. The van der Waals surface area contributed by atoms with E-state index in [0.29, 0.717) is 25.7 Å². The number of hydrogen-bond donors (Lipinski definition) is 2. The van der Waals surface area contributed by atoms with Gasteiger partial charge in [-0.1, -0.05) is 13.8 Å². The zero-order valence-corrected chi connectivity index (χ0v) is 10.7. The number of amides is 2. The molecule has 0 saturated heterocycles. The van der Waals surface area contributed by atoms with Crippen molar-refractivity contribution in [1.29, 1.82) is 0 Å². The highest BCUT2D eigenvalue weighted by Crippen LogP contribution is 1.98. The molecule has 0 aromatic heterocycles. The van der Waals surface area contributed by atoms with E-state index in [4.69, 9.17) is 9.84 Å². The summed E-state index contributed by atoms with van der Waals surface area (Å²) in [6.07, 6.45) is 0.993. The summed E-state index contributed by atoms with van der Waals surface area (Å²) in [6, 6.07) is -0.403. The molecule has 2 N–H and O–H groups in total. The first-order valence-corrected chi connectivity index (χ1v) is 5.72. The topological polar surface area (TPSA) is 78.9 Å². The van der Waals surface area contributed by atoms with Gasteiger partial charge in [-0.2, -0.15) is 0 Å². The minimum atomic E-state index is -1.03. The van der Waals surface area contributed by atoms with Crippen molar-refractivity contribution in [1.82, 2.24) is 10.2 Å². The number of hydrogen-bond acceptors (Lipinski definition) is 3. The Morgan fingerprint density at radius 3 is 2.53 bits per heavy atom. The van der Waals surface area contributed by atoms with E-state index in [9.17, 15) is 9.59 Å². The Bertz CT molecular complexity index is 244. The smallest absolute Gasteiger partial charge is 0.323 e. The minimum absolute atomic E-state index is 0.306. The van der Waals surface area contributed by atoms with Crippen molar-refractivity contribution in [3.05, 3.63) is 0 Å². The maximum Gasteiger partial charge on any atom is 0.323 e. The maximum absolute atomic E-state index is 11.3. The predicted molar refractivity (Wildman–Crippen MR) is 63.9 cm³/mol. The van der Waals surface area contributed by atoms with Gasteiger partial charge in [0.1, 0.15) is 6.54 Å². The molecule has 17 heavy (non-hydrogen) atoms. The van der Waals surface area contributed by atoms with E-state index in [1.807, 2.05) is 0 Å². The number of carboxylic acid groups (broad SMARTS) is 1. The Labute approximate surface area is 102 Å². The molecular formula is C11H22N2O4. The second-order valence-corrected chi connectivity index (χ2v) is 4.28. The lowest BCUT2D eigenvalue weighted by molar-refractivity contribution is -0.137. The van der Waals surface area contributed by atoms with Gasteiger partial charge in [-0.05, 0) is 12.3 Å². The van der Waals surface area contributed by atoms with Crippen molar-refractivity contribution in [2.45, 2.75) is 20.3 Å². The number of ether oxygens (including phenoxy) is 1. The third-order valence-corrected chi connectivity index (χ3v) is 2.08. The highest BCUT2D eigenvalue weighted by molar-refractivity contribution is 5.79. The van der Waals surface area contributed by atoms with Gasteiger partial charge in [0.2, 0.25) is 0 Å². The summed E-state index contributed by atoms with van der Waals surface area (Å²) >= 11 is 0. The summed E-state index contributed by atoms with van der Waals surface area (Å²) in [5.74, 6) is -0.429. The molecule has 6 nitrogen and oxygen atoms in total. The molecule has 0 rings (SSSR count). The number of rotatable bonds is 8. The lowest BCUT2D eigenvalue weighted by atomic mass is 10.1. The average Bonchev–Trinajstić information content (AvgIpc) is 2.21. The molecule has 0 aliphatic carbocycles. The van der Waals surface area contributed by atoms with Crippen molar-refractivity contribution in [2.24, 2.45) is 5.92 Å². The molecule has 2 amide bonds. The molecule has 0 atom stereocenters. The number of aliphatic carboxylic acids is 1. The molecule has 0 unspecified atom stereocenters. The number of carboxylic acids is 1. The van der Waals surface area contributed by atoms with Crippen molar-refractivity contribution < 1.29 is 19.4 Å². The van der Waals surface area contributed by atoms with E-state index >= 15 is 0 Å².